The third-order valence-corrected chi connectivity index (χ3v) is 4.52. The molecule has 0 bridgehead atoms. The molecule has 3 aromatic rings. The van der Waals surface area contributed by atoms with Crippen LogP contribution in [0.3, 0.4) is 0 Å². The molecule has 0 atom stereocenters. The van der Waals surface area contributed by atoms with Crippen LogP contribution >= 0.6 is 0 Å². The van der Waals surface area contributed by atoms with E-state index in [1.54, 1.807) is 30.3 Å². The summed E-state index contributed by atoms with van der Waals surface area (Å²) in [6.07, 6.45) is 4.49. The summed E-state index contributed by atoms with van der Waals surface area (Å²) in [6, 6.07) is 17.0. The molecule has 2 N–H and O–H groups in total. The Labute approximate surface area is 170 Å². The number of carbonyl (C=O) groups is 1. The van der Waals surface area contributed by atoms with E-state index in [4.69, 9.17) is 0 Å². The third kappa shape index (κ3) is 6.10. The summed E-state index contributed by atoms with van der Waals surface area (Å²) in [4.78, 5) is 12.3. The van der Waals surface area contributed by atoms with E-state index in [-0.39, 0.29) is 11.7 Å². The van der Waals surface area contributed by atoms with Gasteiger partial charge in [-0.1, -0.05) is 32.3 Å². The van der Waals surface area contributed by atoms with Crippen molar-refractivity contribution in [3.63, 3.8) is 0 Å². The fourth-order valence-electron chi connectivity index (χ4n) is 2.92. The zero-order chi connectivity index (χ0) is 20.5. The second-order valence-corrected chi connectivity index (χ2v) is 6.83. The van der Waals surface area contributed by atoms with Crippen molar-refractivity contribution in [1.82, 2.24) is 15.5 Å². The first kappa shape index (κ1) is 20.5. The number of nitrogens with one attached hydrogen (secondary N) is 2. The normalized spacial score (nSPS) is 10.6. The van der Waals surface area contributed by atoms with E-state index in [0.29, 0.717) is 23.6 Å². The lowest BCUT2D eigenvalue weighted by Crippen LogP contribution is -2.24. The van der Waals surface area contributed by atoms with Crippen molar-refractivity contribution in [3.8, 4) is 11.3 Å². The maximum absolute atomic E-state index is 13.0. The number of halogens is 1. The molecule has 29 heavy (non-hydrogen) atoms. The van der Waals surface area contributed by atoms with Crippen LogP contribution in [0, 0.1) is 5.82 Å². The Kier molecular flexibility index (Phi) is 7.28. The summed E-state index contributed by atoms with van der Waals surface area (Å²) in [7, 11) is 0. The van der Waals surface area contributed by atoms with Crippen molar-refractivity contribution in [2.24, 2.45) is 0 Å². The van der Waals surface area contributed by atoms with Gasteiger partial charge < -0.3 is 10.6 Å². The molecule has 6 heteroatoms. The molecule has 1 amide bonds. The van der Waals surface area contributed by atoms with Gasteiger partial charge in [0.1, 0.15) is 5.82 Å². The van der Waals surface area contributed by atoms with Gasteiger partial charge in [0.25, 0.3) is 5.91 Å². The molecule has 0 saturated heterocycles. The minimum atomic E-state index is -0.287. The van der Waals surface area contributed by atoms with Crippen molar-refractivity contribution in [1.29, 1.82) is 0 Å². The third-order valence-electron chi connectivity index (χ3n) is 4.52. The molecule has 0 fully saturated rings. The number of rotatable bonds is 9. The molecular formula is C23H25FN4O. The molecular weight excluding hydrogens is 367 g/mol. The summed E-state index contributed by atoms with van der Waals surface area (Å²) < 4.78 is 13.0. The summed E-state index contributed by atoms with van der Waals surface area (Å²) in [5.74, 6) is 0.195. The van der Waals surface area contributed by atoms with Gasteiger partial charge in [-0.25, -0.2) is 4.39 Å². The van der Waals surface area contributed by atoms with Gasteiger partial charge >= 0.3 is 0 Å². The molecule has 0 aliphatic carbocycles. The standard InChI is InChI=1S/C23H25FN4O/c1-2-3-4-5-15-25-23(29)18-7-6-8-20(16-18)26-22-14-13-21(27-28-22)17-9-11-19(24)12-10-17/h6-14,16H,2-5,15H2,1H3,(H,25,29)(H,26,28). The number of benzene rings is 2. The average molecular weight is 392 g/mol. The van der Waals surface area contributed by atoms with Gasteiger partial charge in [0.2, 0.25) is 0 Å². The number of hydrogen-bond donors (Lipinski definition) is 2. The molecule has 5 nitrogen and oxygen atoms in total. The van der Waals surface area contributed by atoms with E-state index in [2.05, 4.69) is 27.8 Å². The number of anilines is 2. The maximum atomic E-state index is 13.0. The highest BCUT2D eigenvalue weighted by Crippen LogP contribution is 2.20. The Morgan fingerprint density at radius 1 is 0.966 bits per heavy atom. The molecule has 0 spiro atoms. The van der Waals surface area contributed by atoms with Crippen LogP contribution in [0.5, 0.6) is 0 Å². The minimum Gasteiger partial charge on any atom is -0.352 e. The zero-order valence-corrected chi connectivity index (χ0v) is 16.5. The Balaban J connectivity index is 1.59. The molecule has 3 rings (SSSR count). The van der Waals surface area contributed by atoms with E-state index in [1.165, 1.54) is 25.0 Å². The fraction of sp³-hybridized carbons (Fsp3) is 0.261. The van der Waals surface area contributed by atoms with Gasteiger partial charge in [0.15, 0.2) is 5.82 Å². The van der Waals surface area contributed by atoms with E-state index < -0.39 is 0 Å². The molecule has 1 heterocycles. The lowest BCUT2D eigenvalue weighted by molar-refractivity contribution is 0.0953. The summed E-state index contributed by atoms with van der Waals surface area (Å²) >= 11 is 0. The lowest BCUT2D eigenvalue weighted by atomic mass is 10.1. The van der Waals surface area contributed by atoms with Gasteiger partial charge in [-0.2, -0.15) is 0 Å². The first-order valence-electron chi connectivity index (χ1n) is 9.90. The lowest BCUT2D eigenvalue weighted by Gasteiger charge is -2.09. The van der Waals surface area contributed by atoms with E-state index >= 15 is 0 Å². The van der Waals surface area contributed by atoms with Crippen molar-refractivity contribution in [2.45, 2.75) is 32.6 Å². The van der Waals surface area contributed by atoms with Crippen molar-refractivity contribution in [3.05, 3.63) is 72.0 Å². The SMILES string of the molecule is CCCCCCNC(=O)c1cccc(Nc2ccc(-c3ccc(F)cc3)nn2)c1. The first-order valence-corrected chi connectivity index (χ1v) is 9.90. The highest BCUT2D eigenvalue weighted by Gasteiger charge is 2.07. The average Bonchev–Trinajstić information content (AvgIpc) is 2.75. The van der Waals surface area contributed by atoms with Crippen molar-refractivity contribution < 1.29 is 9.18 Å². The van der Waals surface area contributed by atoms with Crippen LogP contribution in [0.15, 0.2) is 60.7 Å². The van der Waals surface area contributed by atoms with Crippen molar-refractivity contribution >= 4 is 17.4 Å². The van der Waals surface area contributed by atoms with Gasteiger partial charge in [0, 0.05) is 23.4 Å². The number of aromatic nitrogens is 2. The van der Waals surface area contributed by atoms with Crippen molar-refractivity contribution in [2.75, 3.05) is 11.9 Å². The summed E-state index contributed by atoms with van der Waals surface area (Å²) in [5.41, 5.74) is 2.81. The van der Waals surface area contributed by atoms with Crippen LogP contribution in [-0.2, 0) is 0 Å². The second-order valence-electron chi connectivity index (χ2n) is 6.83. The minimum absolute atomic E-state index is 0.0807. The zero-order valence-electron chi connectivity index (χ0n) is 16.5. The molecule has 0 aliphatic heterocycles. The van der Waals surface area contributed by atoms with Gasteiger partial charge in [-0.3, -0.25) is 4.79 Å². The van der Waals surface area contributed by atoms with Gasteiger partial charge in [0.05, 0.1) is 5.69 Å². The van der Waals surface area contributed by atoms with E-state index in [0.717, 1.165) is 24.1 Å². The molecule has 2 aromatic carbocycles. The molecule has 0 radical (unpaired) electrons. The summed E-state index contributed by atoms with van der Waals surface area (Å²) in [6.45, 7) is 2.85. The van der Waals surface area contributed by atoms with Crippen LogP contribution in [-0.4, -0.2) is 22.6 Å². The van der Waals surface area contributed by atoms with Crippen LogP contribution in [0.2, 0.25) is 0 Å². The second kappa shape index (κ2) is 10.3. The van der Waals surface area contributed by atoms with Crippen LogP contribution in [0.4, 0.5) is 15.9 Å². The number of carbonyl (C=O) groups excluding carboxylic acids is 1. The molecule has 0 aliphatic rings. The highest BCUT2D eigenvalue weighted by molar-refractivity contribution is 5.95. The van der Waals surface area contributed by atoms with Gasteiger partial charge in [-0.05, 0) is 61.0 Å². The maximum Gasteiger partial charge on any atom is 0.251 e. The van der Waals surface area contributed by atoms with E-state index in [1.807, 2.05) is 18.2 Å². The first-order chi connectivity index (χ1) is 14.2. The predicted octanol–water partition coefficient (Wildman–Crippen LogP) is 5.34. The van der Waals surface area contributed by atoms with Crippen LogP contribution in [0.25, 0.3) is 11.3 Å². The summed E-state index contributed by atoms with van der Waals surface area (Å²) in [5, 5.41) is 14.5. The quantitative estimate of drug-likeness (QED) is 0.483. The number of unbranched alkanes of at least 4 members (excludes halogenated alkanes) is 3. The molecule has 150 valence electrons. The molecule has 0 unspecified atom stereocenters. The Bertz CT molecular complexity index is 926. The Morgan fingerprint density at radius 3 is 2.52 bits per heavy atom. The number of amides is 1. The Hall–Kier alpha value is -3.28. The molecule has 1 aromatic heterocycles. The monoisotopic (exact) mass is 392 g/mol. The fourth-order valence-corrected chi connectivity index (χ4v) is 2.92. The molecule has 0 saturated carbocycles. The predicted molar refractivity (Wildman–Crippen MR) is 114 cm³/mol. The number of hydrogen-bond acceptors (Lipinski definition) is 4. The van der Waals surface area contributed by atoms with Crippen LogP contribution < -0.4 is 10.6 Å². The largest absolute Gasteiger partial charge is 0.352 e. The van der Waals surface area contributed by atoms with Crippen LogP contribution in [0.1, 0.15) is 43.0 Å². The highest BCUT2D eigenvalue weighted by atomic mass is 19.1. The number of nitrogens with zero attached hydrogens (tertiary/aromatic N) is 2. The van der Waals surface area contributed by atoms with E-state index in [9.17, 15) is 9.18 Å². The van der Waals surface area contributed by atoms with Gasteiger partial charge in [-0.15, -0.1) is 10.2 Å². The topological polar surface area (TPSA) is 66.9 Å². The Morgan fingerprint density at radius 2 is 1.79 bits per heavy atom. The smallest absolute Gasteiger partial charge is 0.251 e.